The van der Waals surface area contributed by atoms with Crippen LogP contribution in [-0.4, -0.2) is 25.8 Å². The molecule has 0 rings (SSSR count). The first-order chi connectivity index (χ1) is 6.70. The second kappa shape index (κ2) is 9.22. The Morgan fingerprint density at radius 2 is 2.14 bits per heavy atom. The van der Waals surface area contributed by atoms with Crippen LogP contribution < -0.4 is 5.32 Å². The third-order valence-corrected chi connectivity index (χ3v) is 2.17. The van der Waals surface area contributed by atoms with Gasteiger partial charge in [0.25, 0.3) is 0 Å². The quantitative estimate of drug-likeness (QED) is 0.455. The van der Waals surface area contributed by atoms with Gasteiger partial charge in [0.2, 0.25) is 0 Å². The molecule has 2 heteroatoms. The number of hydrogen-bond acceptors (Lipinski definition) is 2. The fourth-order valence-corrected chi connectivity index (χ4v) is 1.35. The van der Waals surface area contributed by atoms with E-state index in [0.29, 0.717) is 12.0 Å². The number of ether oxygens (including phenoxy) is 1. The summed E-state index contributed by atoms with van der Waals surface area (Å²) in [5.74, 6) is 0.682. The van der Waals surface area contributed by atoms with Gasteiger partial charge in [-0.2, -0.15) is 0 Å². The zero-order valence-corrected chi connectivity index (χ0v) is 9.88. The van der Waals surface area contributed by atoms with Crippen LogP contribution in [0.25, 0.3) is 0 Å². The minimum absolute atomic E-state index is 0.300. The number of nitrogens with one attached hydrogen (secondary N) is 1. The molecule has 0 saturated heterocycles. The Morgan fingerprint density at radius 3 is 2.71 bits per heavy atom. The van der Waals surface area contributed by atoms with Gasteiger partial charge in [-0.3, -0.25) is 0 Å². The molecule has 0 aliphatic rings. The van der Waals surface area contributed by atoms with Crippen molar-refractivity contribution in [1.29, 1.82) is 0 Å². The third-order valence-electron chi connectivity index (χ3n) is 2.17. The molecule has 1 N–H and O–H groups in total. The molecule has 0 saturated carbocycles. The van der Waals surface area contributed by atoms with Crippen molar-refractivity contribution < 1.29 is 4.74 Å². The molecule has 2 nitrogen and oxygen atoms in total. The molecule has 0 aromatic heterocycles. The minimum atomic E-state index is 0.300. The lowest BCUT2D eigenvalue weighted by Crippen LogP contribution is -2.28. The van der Waals surface area contributed by atoms with E-state index in [1.54, 1.807) is 0 Å². The van der Waals surface area contributed by atoms with E-state index in [4.69, 9.17) is 4.74 Å². The molecule has 0 aromatic rings. The van der Waals surface area contributed by atoms with E-state index < -0.39 is 0 Å². The van der Waals surface area contributed by atoms with Gasteiger partial charge in [-0.05, 0) is 19.3 Å². The summed E-state index contributed by atoms with van der Waals surface area (Å²) in [5, 5.41) is 3.25. The Hall–Kier alpha value is -0.340. The Kier molecular flexibility index (Phi) is 9.00. The second-order valence-corrected chi connectivity index (χ2v) is 3.98. The summed E-state index contributed by atoms with van der Waals surface area (Å²) in [6.45, 7) is 12.9. The maximum absolute atomic E-state index is 5.71. The van der Waals surface area contributed by atoms with E-state index in [1.165, 1.54) is 12.8 Å². The summed E-state index contributed by atoms with van der Waals surface area (Å²) < 4.78 is 5.71. The first-order valence-electron chi connectivity index (χ1n) is 5.63. The summed E-state index contributed by atoms with van der Waals surface area (Å²) >= 11 is 0. The summed E-state index contributed by atoms with van der Waals surface area (Å²) in [6, 6.07) is 0. The molecule has 2 unspecified atom stereocenters. The fourth-order valence-electron chi connectivity index (χ4n) is 1.35. The van der Waals surface area contributed by atoms with Gasteiger partial charge >= 0.3 is 0 Å². The average Bonchev–Trinajstić information content (AvgIpc) is 2.16. The van der Waals surface area contributed by atoms with E-state index in [1.807, 2.05) is 6.08 Å². The minimum Gasteiger partial charge on any atom is -0.377 e. The summed E-state index contributed by atoms with van der Waals surface area (Å²) in [6.07, 6.45) is 4.67. The zero-order chi connectivity index (χ0) is 10.8. The van der Waals surface area contributed by atoms with E-state index in [2.05, 4.69) is 32.7 Å². The van der Waals surface area contributed by atoms with Gasteiger partial charge in [-0.1, -0.05) is 26.3 Å². The highest BCUT2D eigenvalue weighted by Gasteiger charge is 2.05. The molecule has 14 heavy (non-hydrogen) atoms. The van der Waals surface area contributed by atoms with Gasteiger partial charge in [0.05, 0.1) is 6.10 Å². The van der Waals surface area contributed by atoms with Crippen LogP contribution in [0.2, 0.25) is 0 Å². The van der Waals surface area contributed by atoms with Crippen molar-refractivity contribution in [2.45, 2.75) is 39.7 Å². The predicted octanol–water partition coefficient (Wildman–Crippen LogP) is 2.60. The van der Waals surface area contributed by atoms with Crippen molar-refractivity contribution >= 4 is 0 Å². The average molecular weight is 199 g/mol. The van der Waals surface area contributed by atoms with Crippen molar-refractivity contribution in [2.75, 3.05) is 19.7 Å². The third kappa shape index (κ3) is 8.27. The molecule has 0 spiro atoms. The fraction of sp³-hybridized carbons (Fsp3) is 0.833. The van der Waals surface area contributed by atoms with Crippen LogP contribution in [0.15, 0.2) is 12.7 Å². The lowest BCUT2D eigenvalue weighted by molar-refractivity contribution is 0.0428. The first kappa shape index (κ1) is 13.7. The molecular weight excluding hydrogens is 174 g/mol. The highest BCUT2D eigenvalue weighted by atomic mass is 16.5. The molecule has 0 aliphatic carbocycles. The lowest BCUT2D eigenvalue weighted by atomic mass is 10.1. The van der Waals surface area contributed by atoms with Crippen molar-refractivity contribution in [3.63, 3.8) is 0 Å². The van der Waals surface area contributed by atoms with Gasteiger partial charge in [0.1, 0.15) is 0 Å². The normalized spacial score (nSPS) is 15.1. The summed E-state index contributed by atoms with van der Waals surface area (Å²) in [5.41, 5.74) is 0. The number of rotatable bonds is 9. The smallest absolute Gasteiger partial charge is 0.0671 e. The largest absolute Gasteiger partial charge is 0.377 e. The van der Waals surface area contributed by atoms with Crippen LogP contribution in [0.3, 0.4) is 0 Å². The monoisotopic (exact) mass is 199 g/mol. The van der Waals surface area contributed by atoms with Crippen molar-refractivity contribution in [3.05, 3.63) is 12.7 Å². The van der Waals surface area contributed by atoms with Crippen molar-refractivity contribution in [1.82, 2.24) is 5.32 Å². The molecule has 0 aliphatic heterocycles. The summed E-state index contributed by atoms with van der Waals surface area (Å²) in [4.78, 5) is 0. The molecule has 84 valence electrons. The van der Waals surface area contributed by atoms with Crippen LogP contribution >= 0.6 is 0 Å². The van der Waals surface area contributed by atoms with Crippen molar-refractivity contribution in [3.8, 4) is 0 Å². The Morgan fingerprint density at radius 1 is 1.43 bits per heavy atom. The van der Waals surface area contributed by atoms with Crippen LogP contribution in [0.1, 0.15) is 33.6 Å². The maximum Gasteiger partial charge on any atom is 0.0671 e. The van der Waals surface area contributed by atoms with Crippen LogP contribution in [0.4, 0.5) is 0 Å². The van der Waals surface area contributed by atoms with Gasteiger partial charge in [0, 0.05) is 19.7 Å². The topological polar surface area (TPSA) is 21.3 Å². The van der Waals surface area contributed by atoms with Crippen molar-refractivity contribution in [2.24, 2.45) is 5.92 Å². The molecule has 0 fully saturated rings. The van der Waals surface area contributed by atoms with Gasteiger partial charge in [-0.15, -0.1) is 6.58 Å². The van der Waals surface area contributed by atoms with E-state index in [0.717, 1.165) is 19.7 Å². The van der Waals surface area contributed by atoms with Crippen LogP contribution in [0.5, 0.6) is 0 Å². The molecule has 0 radical (unpaired) electrons. The molecule has 0 bridgehead atoms. The highest BCUT2D eigenvalue weighted by molar-refractivity contribution is 4.70. The molecular formula is C12H25NO. The first-order valence-corrected chi connectivity index (χ1v) is 5.63. The molecule has 2 atom stereocenters. The highest BCUT2D eigenvalue weighted by Crippen LogP contribution is 2.06. The van der Waals surface area contributed by atoms with Crippen LogP contribution in [-0.2, 0) is 4.74 Å². The lowest BCUT2D eigenvalue weighted by Gasteiger charge is -2.16. The number of hydrogen-bond donors (Lipinski definition) is 1. The van der Waals surface area contributed by atoms with Crippen LogP contribution in [0, 0.1) is 5.92 Å². The van der Waals surface area contributed by atoms with E-state index >= 15 is 0 Å². The van der Waals surface area contributed by atoms with E-state index in [-0.39, 0.29) is 0 Å². The predicted molar refractivity (Wildman–Crippen MR) is 62.6 cm³/mol. The Bertz CT molecular complexity index is 136. The zero-order valence-electron chi connectivity index (χ0n) is 9.88. The maximum atomic E-state index is 5.71. The van der Waals surface area contributed by atoms with E-state index in [9.17, 15) is 0 Å². The van der Waals surface area contributed by atoms with Gasteiger partial charge < -0.3 is 10.1 Å². The molecule has 0 amide bonds. The SMILES string of the molecule is C=CCNCC(C)OCC(C)CCC. The summed E-state index contributed by atoms with van der Waals surface area (Å²) in [7, 11) is 0. The second-order valence-electron chi connectivity index (χ2n) is 3.98. The molecule has 0 heterocycles. The standard InChI is InChI=1S/C12H25NO/c1-5-7-11(3)10-14-12(4)9-13-8-6-2/h6,11-13H,2,5,7-10H2,1,3-4H3. The Balaban J connectivity index is 3.33. The Labute approximate surface area is 88.7 Å². The van der Waals surface area contributed by atoms with Gasteiger partial charge in [0.15, 0.2) is 0 Å². The van der Waals surface area contributed by atoms with Gasteiger partial charge in [-0.25, -0.2) is 0 Å². The molecule has 0 aromatic carbocycles.